The van der Waals surface area contributed by atoms with E-state index in [2.05, 4.69) is 19.6 Å². The van der Waals surface area contributed by atoms with Crippen LogP contribution in [-0.2, 0) is 6.54 Å². The van der Waals surface area contributed by atoms with E-state index in [1.165, 1.54) is 0 Å². The van der Waals surface area contributed by atoms with Gasteiger partial charge in [0.2, 0.25) is 6.79 Å². The second-order valence-electron chi connectivity index (χ2n) is 5.17. The smallest absolute Gasteiger partial charge is 0.231 e. The van der Waals surface area contributed by atoms with Crippen molar-refractivity contribution in [2.75, 3.05) is 6.79 Å². The monoisotopic (exact) mass is 297 g/mol. The second-order valence-corrected chi connectivity index (χ2v) is 5.17. The van der Waals surface area contributed by atoms with Crippen LogP contribution < -0.4 is 9.47 Å². The highest BCUT2D eigenvalue weighted by atomic mass is 16.7. The molecule has 0 radical (unpaired) electrons. The molecule has 0 fully saturated rings. The van der Waals surface area contributed by atoms with E-state index >= 15 is 0 Å². The lowest BCUT2D eigenvalue weighted by Gasteiger charge is -2.08. The molecule has 3 heterocycles. The van der Waals surface area contributed by atoms with E-state index in [4.69, 9.17) is 9.47 Å². The summed E-state index contributed by atoms with van der Waals surface area (Å²) in [6.07, 6.45) is 3.38. The van der Waals surface area contributed by atoms with Crippen molar-refractivity contribution in [2.24, 2.45) is 0 Å². The fourth-order valence-corrected chi connectivity index (χ4v) is 2.46. The van der Waals surface area contributed by atoms with Gasteiger partial charge in [0, 0.05) is 11.8 Å². The van der Waals surface area contributed by atoms with Gasteiger partial charge in [-0.05, 0) is 26.0 Å². The summed E-state index contributed by atoms with van der Waals surface area (Å²) in [6, 6.07) is 5.74. The van der Waals surface area contributed by atoms with Crippen molar-refractivity contribution in [1.82, 2.24) is 24.3 Å². The van der Waals surface area contributed by atoms with Crippen LogP contribution in [0, 0.1) is 13.8 Å². The minimum atomic E-state index is 0.260. The van der Waals surface area contributed by atoms with Gasteiger partial charge in [0.25, 0.3) is 0 Å². The third-order valence-electron chi connectivity index (χ3n) is 3.88. The molecule has 0 aliphatic carbocycles. The van der Waals surface area contributed by atoms with Gasteiger partial charge in [-0.25, -0.2) is 14.6 Å². The number of benzene rings is 1. The largest absolute Gasteiger partial charge is 0.454 e. The lowest BCUT2D eigenvalue weighted by atomic mass is 10.3. The molecule has 0 N–H and O–H groups in total. The summed E-state index contributed by atoms with van der Waals surface area (Å²) in [6.45, 7) is 4.91. The highest BCUT2D eigenvalue weighted by molar-refractivity contribution is 5.49. The minimum absolute atomic E-state index is 0.260. The van der Waals surface area contributed by atoms with Crippen molar-refractivity contribution < 1.29 is 9.47 Å². The summed E-state index contributed by atoms with van der Waals surface area (Å²) in [7, 11) is 0. The van der Waals surface area contributed by atoms with Crippen LogP contribution in [0.25, 0.3) is 5.69 Å². The molecule has 0 atom stereocenters. The lowest BCUT2D eigenvalue weighted by Crippen LogP contribution is -2.09. The summed E-state index contributed by atoms with van der Waals surface area (Å²) in [5, 5.41) is 4.32. The van der Waals surface area contributed by atoms with Crippen molar-refractivity contribution >= 4 is 0 Å². The average molecular weight is 297 g/mol. The second kappa shape index (κ2) is 4.87. The minimum Gasteiger partial charge on any atom is -0.454 e. The number of hydrogen-bond acceptors (Lipinski definition) is 5. The first kappa shape index (κ1) is 12.9. The van der Waals surface area contributed by atoms with E-state index in [0.717, 1.165) is 34.4 Å². The van der Waals surface area contributed by atoms with Crippen molar-refractivity contribution in [1.29, 1.82) is 0 Å². The average Bonchev–Trinajstić information content (AvgIpc) is 3.23. The zero-order chi connectivity index (χ0) is 15.1. The Hall–Kier alpha value is -2.83. The van der Waals surface area contributed by atoms with Gasteiger partial charge < -0.3 is 14.0 Å². The number of aryl methyl sites for hydroxylation is 1. The molecule has 1 aliphatic heterocycles. The van der Waals surface area contributed by atoms with E-state index in [9.17, 15) is 0 Å². The van der Waals surface area contributed by atoms with E-state index in [-0.39, 0.29) is 6.79 Å². The zero-order valence-electron chi connectivity index (χ0n) is 12.4. The quantitative estimate of drug-likeness (QED) is 0.738. The summed E-state index contributed by atoms with van der Waals surface area (Å²) in [4.78, 5) is 8.68. The molecule has 22 heavy (non-hydrogen) atoms. The predicted octanol–water partition coefficient (Wildman–Crippen LogP) is 1.86. The predicted molar refractivity (Wildman–Crippen MR) is 78.3 cm³/mol. The third kappa shape index (κ3) is 2.02. The summed E-state index contributed by atoms with van der Waals surface area (Å²) < 4.78 is 14.6. The maximum atomic E-state index is 5.42. The molecule has 0 bridgehead atoms. The van der Waals surface area contributed by atoms with E-state index in [1.807, 2.05) is 38.4 Å². The van der Waals surface area contributed by atoms with Crippen LogP contribution in [0.1, 0.15) is 17.2 Å². The molecule has 2 aromatic heterocycles. The Morgan fingerprint density at radius 3 is 2.82 bits per heavy atom. The number of hydrogen-bond donors (Lipinski definition) is 0. The molecule has 1 aromatic carbocycles. The number of imidazole rings is 1. The van der Waals surface area contributed by atoms with Crippen LogP contribution in [0.4, 0.5) is 0 Å². The molecule has 7 nitrogen and oxygen atoms in total. The molecular formula is C15H15N5O2. The first-order valence-electron chi connectivity index (χ1n) is 6.99. The van der Waals surface area contributed by atoms with Gasteiger partial charge in [-0.15, -0.1) is 0 Å². The highest BCUT2D eigenvalue weighted by Gasteiger charge is 2.16. The fraction of sp³-hybridized carbons (Fsp3) is 0.267. The van der Waals surface area contributed by atoms with Crippen LogP contribution in [-0.4, -0.2) is 31.1 Å². The fourth-order valence-electron chi connectivity index (χ4n) is 2.46. The normalized spacial score (nSPS) is 12.8. The SMILES string of the molecule is Cc1ncn(Cc2ncnn2-c2ccc3c(c2)OCO3)c1C. The Kier molecular flexibility index (Phi) is 2.85. The lowest BCUT2D eigenvalue weighted by molar-refractivity contribution is 0.174. The molecule has 0 saturated heterocycles. The number of nitrogens with zero attached hydrogens (tertiary/aromatic N) is 5. The van der Waals surface area contributed by atoms with Gasteiger partial charge >= 0.3 is 0 Å². The Morgan fingerprint density at radius 2 is 2.00 bits per heavy atom. The number of fused-ring (bicyclic) bond motifs is 1. The number of aromatic nitrogens is 5. The van der Waals surface area contributed by atoms with Gasteiger partial charge in [-0.2, -0.15) is 5.10 Å². The van der Waals surface area contributed by atoms with Gasteiger partial charge in [-0.1, -0.05) is 0 Å². The maximum Gasteiger partial charge on any atom is 0.231 e. The van der Waals surface area contributed by atoms with Crippen molar-refractivity contribution in [3.8, 4) is 17.2 Å². The summed E-state index contributed by atoms with van der Waals surface area (Å²) >= 11 is 0. The molecule has 7 heteroatoms. The maximum absolute atomic E-state index is 5.42. The molecule has 0 spiro atoms. The van der Waals surface area contributed by atoms with Crippen LogP contribution in [0.2, 0.25) is 0 Å². The van der Waals surface area contributed by atoms with Gasteiger partial charge in [0.15, 0.2) is 17.3 Å². The number of rotatable bonds is 3. The standard InChI is InChI=1S/C15H15N5O2/c1-10-11(2)19(8-17-10)6-15-16-7-18-20(15)12-3-4-13-14(5-12)22-9-21-13/h3-5,7-8H,6,9H2,1-2H3. The Labute approximate surface area is 127 Å². The molecule has 3 aromatic rings. The van der Waals surface area contributed by atoms with E-state index in [0.29, 0.717) is 6.54 Å². The first-order chi connectivity index (χ1) is 10.7. The molecule has 0 unspecified atom stereocenters. The topological polar surface area (TPSA) is 67.0 Å². The molecule has 4 rings (SSSR count). The van der Waals surface area contributed by atoms with Crippen LogP contribution in [0.5, 0.6) is 11.5 Å². The van der Waals surface area contributed by atoms with Crippen LogP contribution in [0.15, 0.2) is 30.9 Å². The summed E-state index contributed by atoms with van der Waals surface area (Å²) in [5.41, 5.74) is 3.04. The van der Waals surface area contributed by atoms with Crippen LogP contribution >= 0.6 is 0 Å². The molecule has 0 amide bonds. The Balaban J connectivity index is 1.69. The molecular weight excluding hydrogens is 282 g/mol. The number of ether oxygens (including phenoxy) is 2. The molecule has 112 valence electrons. The summed E-state index contributed by atoms with van der Waals surface area (Å²) in [5.74, 6) is 2.32. The molecule has 0 saturated carbocycles. The van der Waals surface area contributed by atoms with Crippen molar-refractivity contribution in [3.63, 3.8) is 0 Å². The van der Waals surface area contributed by atoms with Crippen LogP contribution in [0.3, 0.4) is 0 Å². The van der Waals surface area contributed by atoms with Crippen molar-refractivity contribution in [2.45, 2.75) is 20.4 Å². The Morgan fingerprint density at radius 1 is 1.14 bits per heavy atom. The Bertz CT molecular complexity index is 836. The van der Waals surface area contributed by atoms with Gasteiger partial charge in [0.1, 0.15) is 6.33 Å². The molecule has 1 aliphatic rings. The highest BCUT2D eigenvalue weighted by Crippen LogP contribution is 2.33. The van der Waals surface area contributed by atoms with E-state index in [1.54, 1.807) is 11.0 Å². The zero-order valence-corrected chi connectivity index (χ0v) is 12.4. The van der Waals surface area contributed by atoms with Gasteiger partial charge in [-0.3, -0.25) is 0 Å². The van der Waals surface area contributed by atoms with E-state index < -0.39 is 0 Å². The first-order valence-corrected chi connectivity index (χ1v) is 6.99. The van der Waals surface area contributed by atoms with Crippen molar-refractivity contribution in [3.05, 3.63) is 48.1 Å². The van der Waals surface area contributed by atoms with Gasteiger partial charge in [0.05, 0.1) is 24.3 Å². The third-order valence-corrected chi connectivity index (χ3v) is 3.88.